The Bertz CT molecular complexity index is 611. The highest BCUT2D eigenvalue weighted by Gasteiger charge is 2.30. The lowest BCUT2D eigenvalue weighted by atomic mass is 9.90. The van der Waals surface area contributed by atoms with Gasteiger partial charge in [0.15, 0.2) is 0 Å². The summed E-state index contributed by atoms with van der Waals surface area (Å²) in [6, 6.07) is 7.62. The normalized spacial score (nSPS) is 25.2. The van der Waals surface area contributed by atoms with Crippen molar-refractivity contribution in [2.24, 2.45) is 5.92 Å². The zero-order chi connectivity index (χ0) is 15.7. The molecule has 3 rings (SSSR count). The molecule has 6 heteroatoms. The van der Waals surface area contributed by atoms with E-state index >= 15 is 0 Å². The molecule has 0 bridgehead atoms. The SMILES string of the molecule is O=C1CCC(c2ccc(N3CC[C@@H](C(=O)O)C3)cc2)C(=O)N1. The van der Waals surface area contributed by atoms with Crippen molar-refractivity contribution < 1.29 is 19.5 Å². The molecule has 1 aromatic rings. The Morgan fingerprint density at radius 3 is 2.50 bits per heavy atom. The highest BCUT2D eigenvalue weighted by molar-refractivity contribution is 6.00. The Morgan fingerprint density at radius 1 is 1.18 bits per heavy atom. The van der Waals surface area contributed by atoms with Crippen LogP contribution in [0.4, 0.5) is 5.69 Å². The van der Waals surface area contributed by atoms with Crippen LogP contribution in [0.5, 0.6) is 0 Å². The van der Waals surface area contributed by atoms with Gasteiger partial charge >= 0.3 is 5.97 Å². The van der Waals surface area contributed by atoms with Crippen molar-refractivity contribution in [2.45, 2.75) is 25.2 Å². The lowest BCUT2D eigenvalue weighted by molar-refractivity contribution is -0.141. The summed E-state index contributed by atoms with van der Waals surface area (Å²) in [5, 5.41) is 11.4. The van der Waals surface area contributed by atoms with Gasteiger partial charge in [-0.05, 0) is 30.5 Å². The van der Waals surface area contributed by atoms with Crippen LogP contribution >= 0.6 is 0 Å². The van der Waals surface area contributed by atoms with Crippen LogP contribution in [0.1, 0.15) is 30.7 Å². The minimum atomic E-state index is -0.748. The number of amides is 2. The molecule has 0 aromatic heterocycles. The molecule has 0 aliphatic carbocycles. The standard InChI is InChI=1S/C16H18N2O4/c19-14-6-5-13(15(20)17-14)10-1-3-12(4-2-10)18-8-7-11(9-18)16(21)22/h1-4,11,13H,5-9H2,(H,21,22)(H,17,19,20)/t11-,13?/m1/s1. The fourth-order valence-corrected chi connectivity index (χ4v) is 3.13. The first-order valence-electron chi connectivity index (χ1n) is 7.46. The molecule has 2 fully saturated rings. The Balaban J connectivity index is 1.69. The summed E-state index contributed by atoms with van der Waals surface area (Å²) >= 11 is 0. The van der Waals surface area contributed by atoms with Gasteiger partial charge in [0.25, 0.3) is 0 Å². The highest BCUT2D eigenvalue weighted by Crippen LogP contribution is 2.29. The first-order chi connectivity index (χ1) is 10.5. The third-order valence-corrected chi connectivity index (χ3v) is 4.44. The van der Waals surface area contributed by atoms with E-state index in [1.54, 1.807) is 0 Å². The maximum absolute atomic E-state index is 11.9. The number of benzene rings is 1. The van der Waals surface area contributed by atoms with Crippen LogP contribution in [0.3, 0.4) is 0 Å². The van der Waals surface area contributed by atoms with Crippen molar-refractivity contribution in [2.75, 3.05) is 18.0 Å². The van der Waals surface area contributed by atoms with E-state index in [9.17, 15) is 14.4 Å². The first kappa shape index (κ1) is 14.6. The Labute approximate surface area is 128 Å². The molecule has 2 amide bonds. The van der Waals surface area contributed by atoms with Gasteiger partial charge < -0.3 is 10.0 Å². The number of nitrogens with zero attached hydrogens (tertiary/aromatic N) is 1. The summed E-state index contributed by atoms with van der Waals surface area (Å²) in [5.41, 5.74) is 1.86. The van der Waals surface area contributed by atoms with Crippen molar-refractivity contribution in [3.8, 4) is 0 Å². The van der Waals surface area contributed by atoms with E-state index in [0.717, 1.165) is 17.8 Å². The molecule has 116 valence electrons. The molecule has 2 saturated heterocycles. The number of rotatable bonds is 3. The molecular weight excluding hydrogens is 284 g/mol. The van der Waals surface area contributed by atoms with Crippen LogP contribution in [-0.2, 0) is 14.4 Å². The number of carbonyl (C=O) groups is 3. The summed E-state index contributed by atoms with van der Waals surface area (Å²) in [4.78, 5) is 36.1. The van der Waals surface area contributed by atoms with Crippen molar-refractivity contribution in [3.63, 3.8) is 0 Å². The Hall–Kier alpha value is -2.37. The fourth-order valence-electron chi connectivity index (χ4n) is 3.13. The monoisotopic (exact) mass is 302 g/mol. The van der Waals surface area contributed by atoms with Gasteiger partial charge in [-0.15, -0.1) is 0 Å². The maximum Gasteiger partial charge on any atom is 0.308 e. The zero-order valence-electron chi connectivity index (χ0n) is 12.1. The van der Waals surface area contributed by atoms with Crippen LogP contribution in [0, 0.1) is 5.92 Å². The van der Waals surface area contributed by atoms with Gasteiger partial charge in [-0.1, -0.05) is 12.1 Å². The average molecular weight is 302 g/mol. The van der Waals surface area contributed by atoms with Crippen LogP contribution in [-0.4, -0.2) is 36.0 Å². The number of aliphatic carboxylic acids is 1. The largest absolute Gasteiger partial charge is 0.481 e. The van der Waals surface area contributed by atoms with Gasteiger partial charge in [-0.25, -0.2) is 0 Å². The number of piperidine rings is 1. The highest BCUT2D eigenvalue weighted by atomic mass is 16.4. The molecule has 2 heterocycles. The third kappa shape index (κ3) is 2.81. The van der Waals surface area contributed by atoms with Gasteiger partial charge in [-0.3, -0.25) is 19.7 Å². The van der Waals surface area contributed by atoms with Crippen molar-refractivity contribution in [3.05, 3.63) is 29.8 Å². The number of nitrogens with one attached hydrogen (secondary N) is 1. The van der Waals surface area contributed by atoms with E-state index in [-0.39, 0.29) is 23.7 Å². The number of carboxylic acid groups (broad SMARTS) is 1. The van der Waals surface area contributed by atoms with Gasteiger partial charge in [0.05, 0.1) is 11.8 Å². The maximum atomic E-state index is 11.9. The third-order valence-electron chi connectivity index (χ3n) is 4.44. The number of imide groups is 1. The van der Waals surface area contributed by atoms with Crippen molar-refractivity contribution in [1.82, 2.24) is 5.32 Å². The summed E-state index contributed by atoms with van der Waals surface area (Å²) in [7, 11) is 0. The van der Waals surface area contributed by atoms with Crippen LogP contribution in [0.25, 0.3) is 0 Å². The van der Waals surface area contributed by atoms with E-state index < -0.39 is 5.97 Å². The molecule has 1 unspecified atom stereocenters. The Morgan fingerprint density at radius 2 is 1.91 bits per heavy atom. The zero-order valence-corrected chi connectivity index (χ0v) is 12.1. The summed E-state index contributed by atoms with van der Waals surface area (Å²) in [6.45, 7) is 1.25. The summed E-state index contributed by atoms with van der Waals surface area (Å²) in [5.74, 6) is -1.79. The molecule has 1 aromatic carbocycles. The van der Waals surface area contributed by atoms with E-state index in [2.05, 4.69) is 5.32 Å². The van der Waals surface area contributed by atoms with Gasteiger partial charge in [0, 0.05) is 25.2 Å². The molecule has 22 heavy (non-hydrogen) atoms. The molecule has 0 radical (unpaired) electrons. The molecule has 0 spiro atoms. The van der Waals surface area contributed by atoms with E-state index in [1.807, 2.05) is 29.2 Å². The van der Waals surface area contributed by atoms with Gasteiger partial charge in [0.2, 0.25) is 11.8 Å². The molecule has 2 aliphatic rings. The minimum Gasteiger partial charge on any atom is -0.481 e. The topological polar surface area (TPSA) is 86.7 Å². The second kappa shape index (κ2) is 5.79. The van der Waals surface area contributed by atoms with Crippen LogP contribution in [0.2, 0.25) is 0 Å². The van der Waals surface area contributed by atoms with Gasteiger partial charge in [0.1, 0.15) is 0 Å². The number of carbonyl (C=O) groups excluding carboxylic acids is 2. The lowest BCUT2D eigenvalue weighted by Gasteiger charge is -2.23. The summed E-state index contributed by atoms with van der Waals surface area (Å²) < 4.78 is 0. The molecule has 2 aliphatic heterocycles. The first-order valence-corrected chi connectivity index (χ1v) is 7.46. The van der Waals surface area contributed by atoms with Crippen LogP contribution < -0.4 is 10.2 Å². The quantitative estimate of drug-likeness (QED) is 0.817. The van der Waals surface area contributed by atoms with E-state index in [1.165, 1.54) is 0 Å². The van der Waals surface area contributed by atoms with Crippen LogP contribution in [0.15, 0.2) is 24.3 Å². The summed E-state index contributed by atoms with van der Waals surface area (Å²) in [6.07, 6.45) is 1.56. The molecule has 2 atom stereocenters. The minimum absolute atomic E-state index is 0.213. The van der Waals surface area contributed by atoms with E-state index in [0.29, 0.717) is 25.8 Å². The Kier molecular flexibility index (Phi) is 3.83. The van der Waals surface area contributed by atoms with Gasteiger partial charge in [-0.2, -0.15) is 0 Å². The predicted molar refractivity (Wildman–Crippen MR) is 79.5 cm³/mol. The molecular formula is C16H18N2O4. The van der Waals surface area contributed by atoms with Crippen molar-refractivity contribution in [1.29, 1.82) is 0 Å². The molecule has 6 nitrogen and oxygen atoms in total. The van der Waals surface area contributed by atoms with E-state index in [4.69, 9.17) is 5.11 Å². The number of carboxylic acids is 1. The number of hydrogen-bond acceptors (Lipinski definition) is 4. The molecule has 2 N–H and O–H groups in total. The lowest BCUT2D eigenvalue weighted by Crippen LogP contribution is -2.39. The smallest absolute Gasteiger partial charge is 0.308 e. The second-order valence-electron chi connectivity index (χ2n) is 5.87. The fraction of sp³-hybridized carbons (Fsp3) is 0.438. The average Bonchev–Trinajstić information content (AvgIpc) is 2.98. The molecule has 0 saturated carbocycles. The number of anilines is 1. The second-order valence-corrected chi connectivity index (χ2v) is 5.87. The number of hydrogen-bond donors (Lipinski definition) is 2. The predicted octanol–water partition coefficient (Wildman–Crippen LogP) is 1.12. The van der Waals surface area contributed by atoms with Crippen molar-refractivity contribution >= 4 is 23.5 Å².